The lowest BCUT2D eigenvalue weighted by molar-refractivity contribution is 0.0947. The van der Waals surface area contributed by atoms with Crippen LogP contribution in [-0.2, 0) is 6.42 Å². The number of amides is 1. The molecule has 1 N–H and O–H groups in total. The van der Waals surface area contributed by atoms with Gasteiger partial charge in [-0.05, 0) is 49.1 Å². The maximum Gasteiger partial charge on any atom is 0.251 e. The number of nitriles is 1. The molecule has 1 aliphatic heterocycles. The Morgan fingerprint density at radius 1 is 1.20 bits per heavy atom. The van der Waals surface area contributed by atoms with E-state index in [1.807, 2.05) is 6.07 Å². The van der Waals surface area contributed by atoms with Crippen LogP contribution in [0.15, 0.2) is 54.6 Å². The minimum atomic E-state index is -0.0974. The predicted molar refractivity (Wildman–Crippen MR) is 98.2 cm³/mol. The van der Waals surface area contributed by atoms with Crippen LogP contribution in [0.3, 0.4) is 0 Å². The van der Waals surface area contributed by atoms with E-state index in [9.17, 15) is 4.79 Å². The van der Waals surface area contributed by atoms with Crippen LogP contribution in [0.5, 0.6) is 0 Å². The zero-order chi connectivity index (χ0) is 17.5. The van der Waals surface area contributed by atoms with E-state index in [1.54, 1.807) is 24.3 Å². The molecule has 1 saturated heterocycles. The molecule has 4 heteroatoms. The second kappa shape index (κ2) is 8.46. The average molecular weight is 333 g/mol. The van der Waals surface area contributed by atoms with Gasteiger partial charge in [-0.2, -0.15) is 5.26 Å². The van der Waals surface area contributed by atoms with Gasteiger partial charge in [0, 0.05) is 25.2 Å². The first-order valence-corrected chi connectivity index (χ1v) is 8.79. The second-order valence-corrected chi connectivity index (χ2v) is 6.59. The summed E-state index contributed by atoms with van der Waals surface area (Å²) in [6, 6.07) is 19.4. The molecule has 1 atom stereocenters. The molecule has 2 aromatic carbocycles. The normalized spacial score (nSPS) is 17.2. The molecule has 1 heterocycles. The highest BCUT2D eigenvalue weighted by Gasteiger charge is 2.22. The molecule has 128 valence electrons. The summed E-state index contributed by atoms with van der Waals surface area (Å²) in [5.41, 5.74) is 2.44. The van der Waals surface area contributed by atoms with E-state index in [0.29, 0.717) is 23.6 Å². The number of nitrogens with one attached hydrogen (secondary N) is 1. The number of hydrogen-bond acceptors (Lipinski definition) is 3. The largest absolute Gasteiger partial charge is 0.352 e. The highest BCUT2D eigenvalue weighted by Crippen LogP contribution is 2.16. The Morgan fingerprint density at radius 2 is 2.04 bits per heavy atom. The van der Waals surface area contributed by atoms with Gasteiger partial charge in [0.1, 0.15) is 0 Å². The summed E-state index contributed by atoms with van der Waals surface area (Å²) in [7, 11) is 0. The summed E-state index contributed by atoms with van der Waals surface area (Å²) in [5, 5.41) is 11.9. The molecule has 2 aromatic rings. The fraction of sp³-hybridized carbons (Fsp3) is 0.333. The van der Waals surface area contributed by atoms with Gasteiger partial charge in [-0.3, -0.25) is 4.79 Å². The van der Waals surface area contributed by atoms with Crippen molar-refractivity contribution in [2.75, 3.05) is 26.2 Å². The number of rotatable bonds is 6. The van der Waals surface area contributed by atoms with Gasteiger partial charge in [-0.25, -0.2) is 0 Å². The van der Waals surface area contributed by atoms with Gasteiger partial charge < -0.3 is 10.2 Å². The molecular formula is C21H23N3O. The van der Waals surface area contributed by atoms with Crippen LogP contribution in [-0.4, -0.2) is 37.0 Å². The number of carbonyl (C=O) groups is 1. The van der Waals surface area contributed by atoms with E-state index in [2.05, 4.69) is 40.6 Å². The Balaban J connectivity index is 1.42. The Hall–Kier alpha value is -2.64. The lowest BCUT2D eigenvalue weighted by Gasteiger charge is -2.16. The number of hydrogen-bond donors (Lipinski definition) is 1. The molecule has 0 aromatic heterocycles. The summed E-state index contributed by atoms with van der Waals surface area (Å²) < 4.78 is 0. The molecule has 1 aliphatic rings. The third-order valence-electron chi connectivity index (χ3n) is 4.73. The van der Waals surface area contributed by atoms with Crippen molar-refractivity contribution in [2.24, 2.45) is 5.92 Å². The van der Waals surface area contributed by atoms with E-state index in [4.69, 9.17) is 5.26 Å². The van der Waals surface area contributed by atoms with Crippen LogP contribution >= 0.6 is 0 Å². The molecule has 0 radical (unpaired) electrons. The van der Waals surface area contributed by atoms with Gasteiger partial charge in [-0.15, -0.1) is 0 Å². The van der Waals surface area contributed by atoms with Crippen LogP contribution in [0.4, 0.5) is 0 Å². The van der Waals surface area contributed by atoms with Crippen LogP contribution in [0.2, 0.25) is 0 Å². The molecule has 0 saturated carbocycles. The first kappa shape index (κ1) is 17.2. The summed E-state index contributed by atoms with van der Waals surface area (Å²) in [4.78, 5) is 14.7. The SMILES string of the molecule is N#Cc1cccc(C(=O)NC[C@H]2CCN(CCc3ccccc3)C2)c1. The molecule has 0 aliphatic carbocycles. The third kappa shape index (κ3) is 4.91. The van der Waals surface area contributed by atoms with Crippen molar-refractivity contribution < 1.29 is 4.79 Å². The summed E-state index contributed by atoms with van der Waals surface area (Å²) >= 11 is 0. The Labute approximate surface area is 149 Å². The Bertz CT molecular complexity index is 751. The maximum atomic E-state index is 12.2. The van der Waals surface area contributed by atoms with Crippen molar-refractivity contribution in [1.29, 1.82) is 5.26 Å². The van der Waals surface area contributed by atoms with E-state index < -0.39 is 0 Å². The molecule has 0 unspecified atom stereocenters. The molecular weight excluding hydrogens is 310 g/mol. The van der Waals surface area contributed by atoms with Crippen molar-refractivity contribution in [2.45, 2.75) is 12.8 Å². The van der Waals surface area contributed by atoms with Gasteiger partial charge in [0.15, 0.2) is 0 Å². The van der Waals surface area contributed by atoms with Crippen LogP contribution in [0, 0.1) is 17.2 Å². The smallest absolute Gasteiger partial charge is 0.251 e. The first-order valence-electron chi connectivity index (χ1n) is 8.79. The lowest BCUT2D eigenvalue weighted by atomic mass is 10.1. The molecule has 0 spiro atoms. The van der Waals surface area contributed by atoms with E-state index in [-0.39, 0.29) is 5.91 Å². The number of carbonyl (C=O) groups excluding carboxylic acids is 1. The van der Waals surface area contributed by atoms with Crippen molar-refractivity contribution in [3.8, 4) is 6.07 Å². The van der Waals surface area contributed by atoms with Gasteiger partial charge in [0.05, 0.1) is 11.6 Å². The maximum absolute atomic E-state index is 12.2. The Morgan fingerprint density at radius 3 is 2.84 bits per heavy atom. The van der Waals surface area contributed by atoms with Crippen molar-refractivity contribution in [3.63, 3.8) is 0 Å². The van der Waals surface area contributed by atoms with E-state index >= 15 is 0 Å². The van der Waals surface area contributed by atoms with Crippen molar-refractivity contribution >= 4 is 5.91 Å². The molecule has 4 nitrogen and oxygen atoms in total. The fourth-order valence-corrected chi connectivity index (χ4v) is 3.28. The van der Waals surface area contributed by atoms with Crippen LogP contribution < -0.4 is 5.32 Å². The average Bonchev–Trinajstić information content (AvgIpc) is 3.13. The number of nitrogens with zero attached hydrogens (tertiary/aromatic N) is 2. The fourth-order valence-electron chi connectivity index (χ4n) is 3.28. The molecule has 1 amide bonds. The van der Waals surface area contributed by atoms with Gasteiger partial charge >= 0.3 is 0 Å². The van der Waals surface area contributed by atoms with Gasteiger partial charge in [0.25, 0.3) is 5.91 Å². The van der Waals surface area contributed by atoms with Crippen LogP contribution in [0.1, 0.15) is 27.9 Å². The minimum Gasteiger partial charge on any atom is -0.352 e. The first-order chi connectivity index (χ1) is 12.2. The quantitative estimate of drug-likeness (QED) is 0.884. The second-order valence-electron chi connectivity index (χ2n) is 6.59. The third-order valence-corrected chi connectivity index (χ3v) is 4.73. The number of benzene rings is 2. The predicted octanol–water partition coefficient (Wildman–Crippen LogP) is 2.85. The molecule has 1 fully saturated rings. The summed E-state index contributed by atoms with van der Waals surface area (Å²) in [6.07, 6.45) is 2.19. The molecule has 0 bridgehead atoms. The zero-order valence-corrected chi connectivity index (χ0v) is 14.3. The van der Waals surface area contributed by atoms with E-state index in [1.165, 1.54) is 5.56 Å². The highest BCUT2D eigenvalue weighted by atomic mass is 16.1. The number of likely N-dealkylation sites (tertiary alicyclic amines) is 1. The lowest BCUT2D eigenvalue weighted by Crippen LogP contribution is -2.31. The van der Waals surface area contributed by atoms with Crippen molar-refractivity contribution in [1.82, 2.24) is 10.2 Å². The zero-order valence-electron chi connectivity index (χ0n) is 14.3. The van der Waals surface area contributed by atoms with Crippen molar-refractivity contribution in [3.05, 3.63) is 71.3 Å². The molecule has 3 rings (SSSR count). The highest BCUT2D eigenvalue weighted by molar-refractivity contribution is 5.94. The Kier molecular flexibility index (Phi) is 5.81. The molecule has 25 heavy (non-hydrogen) atoms. The minimum absolute atomic E-state index is 0.0974. The monoisotopic (exact) mass is 333 g/mol. The topological polar surface area (TPSA) is 56.1 Å². The standard InChI is InChI=1S/C21H23N3O/c22-14-18-7-4-8-20(13-18)21(25)23-15-19-10-12-24(16-19)11-9-17-5-2-1-3-6-17/h1-8,13,19H,9-12,15-16H2,(H,23,25)/t19-/m1/s1. The van der Waals surface area contributed by atoms with Gasteiger partial charge in [0.2, 0.25) is 0 Å². The summed E-state index contributed by atoms with van der Waals surface area (Å²) in [6.45, 7) is 3.89. The van der Waals surface area contributed by atoms with Gasteiger partial charge in [-0.1, -0.05) is 36.4 Å². The van der Waals surface area contributed by atoms with E-state index in [0.717, 1.165) is 32.5 Å². The van der Waals surface area contributed by atoms with Crippen LogP contribution in [0.25, 0.3) is 0 Å². The summed E-state index contributed by atoms with van der Waals surface area (Å²) in [5.74, 6) is 0.402.